The Balaban J connectivity index is 2.61. The van der Waals surface area contributed by atoms with E-state index in [1.54, 1.807) is 5.57 Å². The van der Waals surface area contributed by atoms with Crippen molar-refractivity contribution in [3.05, 3.63) is 36.0 Å². The van der Waals surface area contributed by atoms with Gasteiger partial charge in [-0.1, -0.05) is 56.2 Å². The molecule has 0 radical (unpaired) electrons. The number of hydrogen-bond donors (Lipinski definition) is 0. The third kappa shape index (κ3) is 3.22. The molecule has 72 valence electrons. The molecule has 0 spiro atoms. The number of hydrogen-bond acceptors (Lipinski definition) is 0. The molecule has 0 bridgehead atoms. The zero-order valence-electron chi connectivity index (χ0n) is 8.79. The van der Waals surface area contributed by atoms with Gasteiger partial charge in [0.15, 0.2) is 0 Å². The van der Waals surface area contributed by atoms with Crippen LogP contribution in [0.2, 0.25) is 0 Å². The van der Waals surface area contributed by atoms with E-state index in [0.29, 0.717) is 0 Å². The molecule has 0 N–H and O–H groups in total. The third-order valence-electron chi connectivity index (χ3n) is 2.68. The highest BCUT2D eigenvalue weighted by molar-refractivity contribution is 5.24. The van der Waals surface area contributed by atoms with E-state index in [2.05, 4.69) is 44.2 Å². The van der Waals surface area contributed by atoms with Crippen molar-refractivity contribution >= 4 is 0 Å². The highest BCUT2D eigenvalue weighted by Crippen LogP contribution is 2.24. The highest BCUT2D eigenvalue weighted by atomic mass is 14.1. The fourth-order valence-corrected chi connectivity index (χ4v) is 1.90. The maximum Gasteiger partial charge on any atom is -0.0130 e. The molecule has 0 aromatic carbocycles. The Bertz CT molecular complexity index is 218. The second-order valence-electron chi connectivity index (χ2n) is 3.65. The van der Waals surface area contributed by atoms with Gasteiger partial charge < -0.3 is 0 Å². The van der Waals surface area contributed by atoms with Crippen LogP contribution in [0.5, 0.6) is 0 Å². The summed E-state index contributed by atoms with van der Waals surface area (Å²) < 4.78 is 0. The molecule has 1 unspecified atom stereocenters. The predicted octanol–water partition coefficient (Wildman–Crippen LogP) is 4.26. The van der Waals surface area contributed by atoms with Gasteiger partial charge >= 0.3 is 0 Å². The minimum atomic E-state index is 0.803. The van der Waals surface area contributed by atoms with Gasteiger partial charge in [0.25, 0.3) is 0 Å². The van der Waals surface area contributed by atoms with Gasteiger partial charge in [0.2, 0.25) is 0 Å². The van der Waals surface area contributed by atoms with Crippen molar-refractivity contribution in [3.63, 3.8) is 0 Å². The Morgan fingerprint density at radius 3 is 2.77 bits per heavy atom. The first kappa shape index (κ1) is 10.3. The van der Waals surface area contributed by atoms with Gasteiger partial charge in [-0.05, 0) is 25.2 Å². The van der Waals surface area contributed by atoms with E-state index in [1.807, 2.05) is 0 Å². The SMILES string of the molecule is CCCC(CC)C1=CC=CC=CC1. The first-order chi connectivity index (χ1) is 6.38. The van der Waals surface area contributed by atoms with Gasteiger partial charge in [-0.25, -0.2) is 0 Å². The van der Waals surface area contributed by atoms with Crippen LogP contribution in [0.15, 0.2) is 36.0 Å². The predicted molar refractivity (Wildman–Crippen MR) is 59.7 cm³/mol. The van der Waals surface area contributed by atoms with E-state index >= 15 is 0 Å². The average molecular weight is 176 g/mol. The van der Waals surface area contributed by atoms with E-state index in [9.17, 15) is 0 Å². The van der Waals surface area contributed by atoms with Crippen molar-refractivity contribution < 1.29 is 0 Å². The Morgan fingerprint density at radius 1 is 1.23 bits per heavy atom. The molecular formula is C13H20. The van der Waals surface area contributed by atoms with Gasteiger partial charge in [0.05, 0.1) is 0 Å². The molecule has 1 rings (SSSR count). The largest absolute Gasteiger partial charge is 0.0805 e. The molecule has 0 saturated carbocycles. The molecule has 0 aromatic rings. The molecule has 1 aliphatic rings. The van der Waals surface area contributed by atoms with Crippen molar-refractivity contribution in [1.29, 1.82) is 0 Å². The zero-order valence-corrected chi connectivity index (χ0v) is 8.79. The maximum atomic E-state index is 2.30. The van der Waals surface area contributed by atoms with Crippen molar-refractivity contribution in [2.24, 2.45) is 5.92 Å². The van der Waals surface area contributed by atoms with Crippen LogP contribution in [0.1, 0.15) is 39.5 Å². The first-order valence-electron chi connectivity index (χ1n) is 5.40. The van der Waals surface area contributed by atoms with Crippen molar-refractivity contribution in [3.8, 4) is 0 Å². The minimum absolute atomic E-state index is 0.803. The fraction of sp³-hybridized carbons (Fsp3) is 0.538. The minimum Gasteiger partial charge on any atom is -0.0805 e. The molecule has 0 saturated heterocycles. The van der Waals surface area contributed by atoms with Crippen LogP contribution in [0.3, 0.4) is 0 Å². The lowest BCUT2D eigenvalue weighted by molar-refractivity contribution is 0.526. The third-order valence-corrected chi connectivity index (χ3v) is 2.68. The molecule has 0 nitrogen and oxygen atoms in total. The second kappa shape index (κ2) is 5.80. The lowest BCUT2D eigenvalue weighted by Gasteiger charge is -2.16. The molecule has 0 heteroatoms. The van der Waals surface area contributed by atoms with Gasteiger partial charge in [0.1, 0.15) is 0 Å². The standard InChI is InChI=1S/C13H20/c1-3-9-12(4-2)13-10-7-5-6-8-11-13/h5-8,10,12H,3-4,9,11H2,1-2H3. The molecule has 0 amide bonds. The summed E-state index contributed by atoms with van der Waals surface area (Å²) in [6, 6.07) is 0. The van der Waals surface area contributed by atoms with Crippen molar-refractivity contribution in [2.75, 3.05) is 0 Å². The Hall–Kier alpha value is -0.780. The summed E-state index contributed by atoms with van der Waals surface area (Å²) in [4.78, 5) is 0. The molecule has 1 aliphatic carbocycles. The van der Waals surface area contributed by atoms with Crippen molar-refractivity contribution in [1.82, 2.24) is 0 Å². The lowest BCUT2D eigenvalue weighted by Crippen LogP contribution is -2.01. The molecule has 13 heavy (non-hydrogen) atoms. The van der Waals surface area contributed by atoms with Crippen LogP contribution in [-0.2, 0) is 0 Å². The Labute approximate surface area is 82.0 Å². The van der Waals surface area contributed by atoms with E-state index in [4.69, 9.17) is 0 Å². The summed E-state index contributed by atoms with van der Waals surface area (Å²) in [6.07, 6.45) is 16.0. The molecule has 0 fully saturated rings. The lowest BCUT2D eigenvalue weighted by atomic mass is 9.90. The van der Waals surface area contributed by atoms with Crippen LogP contribution in [0.25, 0.3) is 0 Å². The topological polar surface area (TPSA) is 0 Å². The van der Waals surface area contributed by atoms with Crippen LogP contribution >= 0.6 is 0 Å². The average Bonchev–Trinajstić information content (AvgIpc) is 2.42. The summed E-state index contributed by atoms with van der Waals surface area (Å²) >= 11 is 0. The smallest absolute Gasteiger partial charge is 0.0130 e. The quantitative estimate of drug-likeness (QED) is 0.600. The number of allylic oxidation sites excluding steroid dienone is 6. The van der Waals surface area contributed by atoms with Crippen LogP contribution < -0.4 is 0 Å². The summed E-state index contributed by atoms with van der Waals surface area (Å²) in [7, 11) is 0. The Kier molecular flexibility index (Phi) is 4.59. The van der Waals surface area contributed by atoms with Gasteiger partial charge in [-0.15, -0.1) is 0 Å². The van der Waals surface area contributed by atoms with Crippen LogP contribution in [0.4, 0.5) is 0 Å². The highest BCUT2D eigenvalue weighted by Gasteiger charge is 2.09. The summed E-state index contributed by atoms with van der Waals surface area (Å²) in [5.74, 6) is 0.803. The van der Waals surface area contributed by atoms with E-state index in [0.717, 1.165) is 12.3 Å². The van der Waals surface area contributed by atoms with Crippen LogP contribution in [0, 0.1) is 5.92 Å². The van der Waals surface area contributed by atoms with Crippen molar-refractivity contribution in [2.45, 2.75) is 39.5 Å². The molecule has 0 aliphatic heterocycles. The van der Waals surface area contributed by atoms with E-state index in [1.165, 1.54) is 19.3 Å². The normalized spacial score (nSPS) is 18.2. The molecular weight excluding hydrogens is 156 g/mol. The molecule has 1 atom stereocenters. The van der Waals surface area contributed by atoms with Gasteiger partial charge in [-0.3, -0.25) is 0 Å². The summed E-state index contributed by atoms with van der Waals surface area (Å²) in [5, 5.41) is 0. The fourth-order valence-electron chi connectivity index (χ4n) is 1.90. The zero-order chi connectivity index (χ0) is 9.52. The molecule has 0 heterocycles. The summed E-state index contributed by atoms with van der Waals surface area (Å²) in [6.45, 7) is 4.56. The second-order valence-corrected chi connectivity index (χ2v) is 3.65. The first-order valence-corrected chi connectivity index (χ1v) is 5.40. The maximum absolute atomic E-state index is 2.30. The molecule has 0 aromatic heterocycles. The number of rotatable bonds is 4. The summed E-state index contributed by atoms with van der Waals surface area (Å²) in [5.41, 5.74) is 1.61. The van der Waals surface area contributed by atoms with E-state index < -0.39 is 0 Å². The van der Waals surface area contributed by atoms with Gasteiger partial charge in [-0.2, -0.15) is 0 Å². The monoisotopic (exact) mass is 176 g/mol. The Morgan fingerprint density at radius 2 is 2.08 bits per heavy atom. The van der Waals surface area contributed by atoms with E-state index in [-0.39, 0.29) is 0 Å². The van der Waals surface area contributed by atoms with Crippen LogP contribution in [-0.4, -0.2) is 0 Å². The van der Waals surface area contributed by atoms with Gasteiger partial charge in [0, 0.05) is 0 Å².